The summed E-state index contributed by atoms with van der Waals surface area (Å²) in [6.45, 7) is 6.53. The minimum atomic E-state index is 1.06. The molecule has 3 heteroatoms. The van der Waals surface area contributed by atoms with Crippen molar-refractivity contribution in [2.75, 3.05) is 0 Å². The number of aromatic nitrogens is 2. The molecule has 2 heterocycles. The summed E-state index contributed by atoms with van der Waals surface area (Å²) < 4.78 is 3.43. The highest BCUT2D eigenvalue weighted by Crippen LogP contribution is 2.31. The van der Waals surface area contributed by atoms with Crippen LogP contribution in [0.25, 0.3) is 20.9 Å². The molecule has 2 aromatic heterocycles. The second kappa shape index (κ2) is 4.42. The Morgan fingerprint density at radius 2 is 1.95 bits per heavy atom. The zero-order valence-electron chi connectivity index (χ0n) is 11.7. The fraction of sp³-hybridized carbons (Fsp3) is 0.250. The van der Waals surface area contributed by atoms with Crippen molar-refractivity contribution in [3.63, 3.8) is 0 Å². The Morgan fingerprint density at radius 3 is 2.68 bits per heavy atom. The van der Waals surface area contributed by atoms with Gasteiger partial charge < -0.3 is 0 Å². The van der Waals surface area contributed by atoms with Gasteiger partial charge in [-0.15, -0.1) is 0 Å². The van der Waals surface area contributed by atoms with E-state index in [9.17, 15) is 0 Å². The van der Waals surface area contributed by atoms with Crippen molar-refractivity contribution in [3.8, 4) is 10.6 Å². The van der Waals surface area contributed by atoms with E-state index in [1.807, 2.05) is 23.6 Å². The molecule has 0 bridgehead atoms. The Bertz CT molecular complexity index is 772. The van der Waals surface area contributed by atoms with Gasteiger partial charge in [0.25, 0.3) is 0 Å². The first-order valence-corrected chi connectivity index (χ1v) is 7.21. The van der Waals surface area contributed by atoms with E-state index in [0.29, 0.717) is 0 Å². The average molecular weight is 269 g/mol. The first kappa shape index (κ1) is 12.3. The Labute approximate surface area is 117 Å². The van der Waals surface area contributed by atoms with Crippen LogP contribution in [0.4, 0.5) is 0 Å². The van der Waals surface area contributed by atoms with Crippen LogP contribution in [-0.2, 0) is 7.05 Å². The van der Waals surface area contributed by atoms with Crippen molar-refractivity contribution >= 4 is 21.7 Å². The van der Waals surface area contributed by atoms with Crippen LogP contribution in [0.15, 0.2) is 30.5 Å². The van der Waals surface area contributed by atoms with E-state index in [4.69, 9.17) is 0 Å². The van der Waals surface area contributed by atoms with Gasteiger partial charge in [0.05, 0.1) is 7.05 Å². The summed E-state index contributed by atoms with van der Waals surface area (Å²) in [6, 6.07) is 8.64. The van der Waals surface area contributed by atoms with Crippen molar-refractivity contribution in [1.29, 1.82) is 0 Å². The van der Waals surface area contributed by atoms with E-state index in [-0.39, 0.29) is 0 Å². The zero-order chi connectivity index (χ0) is 13.6. The third-order valence-corrected chi connectivity index (χ3v) is 4.85. The van der Waals surface area contributed by atoms with Gasteiger partial charge in [0.2, 0.25) is 0 Å². The average Bonchev–Trinajstić information content (AvgIpc) is 2.72. The molecular weight excluding hydrogens is 252 g/mol. The monoisotopic (exact) mass is 269 g/mol. The molecular formula is C16H17N2S+. The first-order valence-electron chi connectivity index (χ1n) is 6.39. The molecule has 0 amide bonds. The van der Waals surface area contributed by atoms with Crippen molar-refractivity contribution in [1.82, 2.24) is 4.98 Å². The molecule has 2 nitrogen and oxygen atoms in total. The van der Waals surface area contributed by atoms with Crippen LogP contribution >= 0.6 is 11.3 Å². The van der Waals surface area contributed by atoms with Crippen LogP contribution in [-0.4, -0.2) is 4.98 Å². The van der Waals surface area contributed by atoms with Crippen LogP contribution in [0, 0.1) is 20.8 Å². The number of nitrogens with zero attached hydrogens (tertiary/aromatic N) is 2. The Morgan fingerprint density at radius 1 is 1.16 bits per heavy atom. The predicted molar refractivity (Wildman–Crippen MR) is 80.4 cm³/mol. The number of hydrogen-bond acceptors (Lipinski definition) is 2. The van der Waals surface area contributed by atoms with Crippen LogP contribution in [0.2, 0.25) is 0 Å². The minimum absolute atomic E-state index is 1.06. The fourth-order valence-electron chi connectivity index (χ4n) is 2.48. The molecule has 3 aromatic rings. The summed E-state index contributed by atoms with van der Waals surface area (Å²) in [5.41, 5.74) is 6.39. The molecule has 19 heavy (non-hydrogen) atoms. The van der Waals surface area contributed by atoms with E-state index < -0.39 is 0 Å². The largest absolute Gasteiger partial charge is 0.341 e. The van der Waals surface area contributed by atoms with E-state index >= 15 is 0 Å². The summed E-state index contributed by atoms with van der Waals surface area (Å²) in [4.78, 5) is 4.47. The summed E-state index contributed by atoms with van der Waals surface area (Å²) in [5, 5.41) is 1.28. The standard InChI is InChI=1S/C16H17N2S/c1-10-8-11(2)12(3)13(9-10)16-18(4)15-14(19-16)6-5-7-17-15/h5-9H,1-4H3/q+1. The zero-order valence-corrected chi connectivity index (χ0v) is 12.5. The van der Waals surface area contributed by atoms with Crippen LogP contribution in [0.1, 0.15) is 16.7 Å². The summed E-state index contributed by atoms with van der Waals surface area (Å²) >= 11 is 1.81. The van der Waals surface area contributed by atoms with Gasteiger partial charge in [0.15, 0.2) is 5.01 Å². The van der Waals surface area contributed by atoms with Gasteiger partial charge >= 0.3 is 5.65 Å². The number of pyridine rings is 1. The predicted octanol–water partition coefficient (Wildman–Crippen LogP) is 3.71. The summed E-state index contributed by atoms with van der Waals surface area (Å²) in [5.74, 6) is 0. The lowest BCUT2D eigenvalue weighted by Gasteiger charge is -2.08. The molecule has 0 saturated heterocycles. The molecule has 0 N–H and O–H groups in total. The number of rotatable bonds is 1. The Hall–Kier alpha value is -1.74. The minimum Gasteiger partial charge on any atom is -0.216 e. The topological polar surface area (TPSA) is 16.8 Å². The van der Waals surface area contributed by atoms with Crippen molar-refractivity contribution in [3.05, 3.63) is 47.2 Å². The van der Waals surface area contributed by atoms with Crippen LogP contribution in [0.5, 0.6) is 0 Å². The number of fused-ring (bicyclic) bond motifs is 1. The normalized spacial score (nSPS) is 11.2. The maximum atomic E-state index is 4.47. The van der Waals surface area contributed by atoms with Gasteiger partial charge in [-0.05, 0) is 55.1 Å². The third-order valence-electron chi connectivity index (χ3n) is 3.62. The summed E-state index contributed by atoms with van der Waals surface area (Å²) in [7, 11) is 2.10. The van der Waals surface area contributed by atoms with Gasteiger partial charge in [-0.1, -0.05) is 23.0 Å². The first-order chi connectivity index (χ1) is 9.08. The number of thiazole rings is 1. The molecule has 0 radical (unpaired) electrons. The third kappa shape index (κ3) is 1.94. The van der Waals surface area contributed by atoms with Gasteiger partial charge in [-0.2, -0.15) is 0 Å². The molecule has 0 atom stereocenters. The SMILES string of the molecule is Cc1cc(C)c(C)c(-c2sc3cccnc3[n+]2C)c1. The highest BCUT2D eigenvalue weighted by molar-refractivity contribution is 7.21. The second-order valence-corrected chi connectivity index (χ2v) is 6.08. The van der Waals surface area contributed by atoms with Crippen molar-refractivity contribution < 1.29 is 4.57 Å². The van der Waals surface area contributed by atoms with E-state index in [1.165, 1.54) is 32.0 Å². The maximum absolute atomic E-state index is 4.47. The van der Waals surface area contributed by atoms with Gasteiger partial charge in [-0.25, -0.2) is 4.57 Å². The van der Waals surface area contributed by atoms with Gasteiger partial charge in [0, 0.05) is 5.56 Å². The lowest BCUT2D eigenvalue weighted by molar-refractivity contribution is -0.631. The molecule has 1 aromatic carbocycles. The number of hydrogen-bond donors (Lipinski definition) is 0. The molecule has 0 aliphatic rings. The maximum Gasteiger partial charge on any atom is 0.341 e. The van der Waals surface area contributed by atoms with Crippen molar-refractivity contribution in [2.24, 2.45) is 7.05 Å². The molecule has 0 saturated carbocycles. The second-order valence-electron chi connectivity index (χ2n) is 5.05. The molecule has 3 rings (SSSR count). The van der Waals surface area contributed by atoms with E-state index in [2.05, 4.69) is 55.6 Å². The number of aryl methyl sites for hydroxylation is 3. The Kier molecular flexibility index (Phi) is 2.86. The molecule has 0 aliphatic carbocycles. The molecule has 0 fully saturated rings. The van der Waals surface area contributed by atoms with Gasteiger partial charge in [0.1, 0.15) is 10.9 Å². The molecule has 96 valence electrons. The number of benzene rings is 1. The van der Waals surface area contributed by atoms with E-state index in [0.717, 1.165) is 5.65 Å². The van der Waals surface area contributed by atoms with Crippen LogP contribution < -0.4 is 4.57 Å². The summed E-state index contributed by atoms with van der Waals surface area (Å²) in [6.07, 6.45) is 1.85. The smallest absolute Gasteiger partial charge is 0.216 e. The fourth-order valence-corrected chi connectivity index (χ4v) is 3.66. The Balaban J connectivity index is 2.33. The lowest BCUT2D eigenvalue weighted by atomic mass is 10.0. The lowest BCUT2D eigenvalue weighted by Crippen LogP contribution is -2.29. The van der Waals surface area contributed by atoms with E-state index in [1.54, 1.807) is 0 Å². The highest BCUT2D eigenvalue weighted by atomic mass is 32.1. The highest BCUT2D eigenvalue weighted by Gasteiger charge is 2.19. The van der Waals surface area contributed by atoms with Crippen molar-refractivity contribution in [2.45, 2.75) is 20.8 Å². The van der Waals surface area contributed by atoms with Crippen LogP contribution in [0.3, 0.4) is 0 Å². The molecule has 0 spiro atoms. The van der Waals surface area contributed by atoms with Gasteiger partial charge in [-0.3, -0.25) is 0 Å². The molecule has 0 aliphatic heterocycles. The quantitative estimate of drug-likeness (QED) is 0.615. The molecule has 0 unspecified atom stereocenters.